The van der Waals surface area contributed by atoms with Gasteiger partial charge in [0.2, 0.25) is 0 Å². The minimum absolute atomic E-state index is 0.0447. The van der Waals surface area contributed by atoms with Crippen LogP contribution in [-0.2, 0) is 9.47 Å². The fourth-order valence-electron chi connectivity index (χ4n) is 3.36. The molecule has 0 spiro atoms. The van der Waals surface area contributed by atoms with Gasteiger partial charge in [0.1, 0.15) is 5.84 Å². The van der Waals surface area contributed by atoms with Crippen LogP contribution in [0.3, 0.4) is 0 Å². The zero-order valence-corrected chi connectivity index (χ0v) is 18.8. The number of carbonyl (C=O) groups excluding carboxylic acids is 2. The summed E-state index contributed by atoms with van der Waals surface area (Å²) in [4.78, 5) is 25.9. The van der Waals surface area contributed by atoms with Gasteiger partial charge in [-0.2, -0.15) is 0 Å². The van der Waals surface area contributed by atoms with E-state index in [0.29, 0.717) is 33.5 Å². The lowest BCUT2D eigenvalue weighted by Gasteiger charge is -2.16. The van der Waals surface area contributed by atoms with Crippen molar-refractivity contribution in [3.05, 3.63) is 89.0 Å². The fourth-order valence-corrected chi connectivity index (χ4v) is 3.36. The first-order valence-electron chi connectivity index (χ1n) is 10.5. The molecule has 3 rings (SSSR count). The summed E-state index contributed by atoms with van der Waals surface area (Å²) < 4.78 is 9.98. The Bertz CT molecular complexity index is 1170. The van der Waals surface area contributed by atoms with Gasteiger partial charge in [0.25, 0.3) is 5.91 Å². The first-order chi connectivity index (χ1) is 15.8. The van der Waals surface area contributed by atoms with Gasteiger partial charge in [-0.1, -0.05) is 44.2 Å². The highest BCUT2D eigenvalue weighted by Gasteiger charge is 2.20. The first-order valence-corrected chi connectivity index (χ1v) is 10.5. The van der Waals surface area contributed by atoms with E-state index in [-0.39, 0.29) is 24.5 Å². The van der Waals surface area contributed by atoms with Gasteiger partial charge in [-0.25, -0.2) is 4.79 Å². The molecule has 0 fully saturated rings. The Balaban J connectivity index is 2.03. The number of nitrogens with one attached hydrogen (secondary N) is 2. The topological polar surface area (TPSA) is 114 Å². The second-order valence-electron chi connectivity index (χ2n) is 7.79. The van der Waals surface area contributed by atoms with Crippen molar-refractivity contribution in [1.82, 2.24) is 0 Å². The minimum Gasteiger partial charge on any atom is -0.435 e. The van der Waals surface area contributed by atoms with Crippen LogP contribution in [0.4, 0.5) is 5.69 Å². The van der Waals surface area contributed by atoms with E-state index in [1.54, 1.807) is 48.5 Å². The van der Waals surface area contributed by atoms with Gasteiger partial charge in [0.15, 0.2) is 6.79 Å². The average Bonchev–Trinajstić information content (AvgIpc) is 2.82. The lowest BCUT2D eigenvalue weighted by molar-refractivity contribution is -0.0124. The van der Waals surface area contributed by atoms with Crippen molar-refractivity contribution in [2.45, 2.75) is 19.8 Å². The summed E-state index contributed by atoms with van der Waals surface area (Å²) in [5, 5.41) is 10.4. The summed E-state index contributed by atoms with van der Waals surface area (Å²) >= 11 is 0. The molecular weight excluding hydrogens is 418 g/mol. The zero-order chi connectivity index (χ0) is 24.0. The molecular formula is C26H27N3O4. The number of ether oxygens (including phenoxy) is 2. The number of amides is 1. The van der Waals surface area contributed by atoms with Crippen molar-refractivity contribution in [2.75, 3.05) is 19.2 Å². The highest BCUT2D eigenvalue weighted by Crippen LogP contribution is 2.31. The maximum Gasteiger partial charge on any atom is 0.340 e. The van der Waals surface area contributed by atoms with E-state index in [9.17, 15) is 9.59 Å². The number of anilines is 1. The molecule has 3 aromatic rings. The van der Waals surface area contributed by atoms with Crippen LogP contribution in [0.25, 0.3) is 11.1 Å². The summed E-state index contributed by atoms with van der Waals surface area (Å²) in [5.74, 6) is -0.686. The van der Waals surface area contributed by atoms with Crippen molar-refractivity contribution in [1.29, 1.82) is 5.41 Å². The quantitative estimate of drug-likeness (QED) is 0.200. The summed E-state index contributed by atoms with van der Waals surface area (Å²) in [6, 6.07) is 19.4. The molecule has 0 saturated carbocycles. The standard InChI is InChI=1S/C26H27N3O4/c1-16(2)18-10-13-21(20-6-4-5-7-22(20)26(31)33-15-32-3)23(14-18)25(30)29-19-11-8-17(9-12-19)24(27)28/h4-14,16H,15H2,1-3H3,(H3,27,28)(H,29,30). The van der Waals surface area contributed by atoms with Crippen molar-refractivity contribution in [3.63, 3.8) is 0 Å². The fraction of sp³-hybridized carbons (Fsp3) is 0.192. The molecule has 1 amide bonds. The van der Waals surface area contributed by atoms with E-state index >= 15 is 0 Å². The third kappa shape index (κ3) is 5.64. The van der Waals surface area contributed by atoms with E-state index in [0.717, 1.165) is 5.56 Å². The lowest BCUT2D eigenvalue weighted by Crippen LogP contribution is -2.16. The van der Waals surface area contributed by atoms with Gasteiger partial charge in [-0.05, 0) is 59.0 Å². The summed E-state index contributed by atoms with van der Waals surface area (Å²) in [7, 11) is 1.44. The number of amidine groups is 1. The second-order valence-corrected chi connectivity index (χ2v) is 7.79. The Morgan fingerprint density at radius 1 is 0.970 bits per heavy atom. The predicted octanol–water partition coefficient (Wildman–Crippen LogP) is 4.77. The van der Waals surface area contributed by atoms with Crippen LogP contribution in [0.1, 0.15) is 51.6 Å². The van der Waals surface area contributed by atoms with Gasteiger partial charge < -0.3 is 20.5 Å². The number of nitrogen functional groups attached to an aromatic ring is 1. The molecule has 0 aliphatic rings. The summed E-state index contributed by atoms with van der Waals surface area (Å²) in [5.41, 5.74) is 9.61. The molecule has 0 heterocycles. The number of rotatable bonds is 8. The molecule has 0 atom stereocenters. The molecule has 0 aliphatic carbocycles. The third-order valence-corrected chi connectivity index (χ3v) is 5.15. The number of nitrogens with two attached hydrogens (primary N) is 1. The van der Waals surface area contributed by atoms with Crippen LogP contribution in [0.5, 0.6) is 0 Å². The van der Waals surface area contributed by atoms with Crippen LogP contribution in [0.2, 0.25) is 0 Å². The molecule has 7 heteroatoms. The average molecular weight is 446 g/mol. The SMILES string of the molecule is COCOC(=O)c1ccccc1-c1ccc(C(C)C)cc1C(=O)Nc1ccc(C(=N)N)cc1. The van der Waals surface area contributed by atoms with Crippen LogP contribution < -0.4 is 11.1 Å². The Hall–Kier alpha value is -3.97. The molecule has 0 radical (unpaired) electrons. The number of carbonyl (C=O) groups is 2. The van der Waals surface area contributed by atoms with Crippen molar-refractivity contribution < 1.29 is 19.1 Å². The first kappa shape index (κ1) is 23.7. The van der Waals surface area contributed by atoms with Crippen LogP contribution in [0, 0.1) is 5.41 Å². The smallest absolute Gasteiger partial charge is 0.340 e. The Kier molecular flexibility index (Phi) is 7.58. The molecule has 0 aromatic heterocycles. The van der Waals surface area contributed by atoms with Gasteiger partial charge >= 0.3 is 5.97 Å². The minimum atomic E-state index is -0.536. The summed E-state index contributed by atoms with van der Waals surface area (Å²) in [6.07, 6.45) is 0. The monoisotopic (exact) mass is 445 g/mol. The van der Waals surface area contributed by atoms with E-state index in [1.165, 1.54) is 7.11 Å². The molecule has 0 saturated heterocycles. The number of esters is 1. The highest BCUT2D eigenvalue weighted by atomic mass is 16.7. The maximum absolute atomic E-state index is 13.3. The van der Waals surface area contributed by atoms with Crippen molar-refractivity contribution in [2.24, 2.45) is 5.73 Å². The van der Waals surface area contributed by atoms with E-state index in [4.69, 9.17) is 20.6 Å². The van der Waals surface area contributed by atoms with Gasteiger partial charge in [0.05, 0.1) is 5.56 Å². The molecule has 0 bridgehead atoms. The Morgan fingerprint density at radius 2 is 1.64 bits per heavy atom. The Labute approximate surface area is 193 Å². The number of methoxy groups -OCH3 is 1. The second kappa shape index (κ2) is 10.6. The van der Waals surface area contributed by atoms with Crippen LogP contribution in [0.15, 0.2) is 66.7 Å². The van der Waals surface area contributed by atoms with Gasteiger partial charge in [-0.3, -0.25) is 10.2 Å². The summed E-state index contributed by atoms with van der Waals surface area (Å²) in [6.45, 7) is 3.93. The van der Waals surface area contributed by atoms with Gasteiger partial charge in [0, 0.05) is 23.9 Å². The van der Waals surface area contributed by atoms with Gasteiger partial charge in [-0.15, -0.1) is 0 Å². The molecule has 0 unspecified atom stereocenters. The number of hydrogen-bond acceptors (Lipinski definition) is 5. The van der Waals surface area contributed by atoms with Crippen LogP contribution in [-0.4, -0.2) is 31.6 Å². The van der Waals surface area contributed by atoms with Crippen molar-refractivity contribution in [3.8, 4) is 11.1 Å². The highest BCUT2D eigenvalue weighted by molar-refractivity contribution is 6.10. The molecule has 3 aromatic carbocycles. The normalized spacial score (nSPS) is 10.7. The molecule has 4 N–H and O–H groups in total. The molecule has 33 heavy (non-hydrogen) atoms. The zero-order valence-electron chi connectivity index (χ0n) is 18.8. The predicted molar refractivity (Wildman–Crippen MR) is 129 cm³/mol. The molecule has 170 valence electrons. The largest absolute Gasteiger partial charge is 0.435 e. The Morgan fingerprint density at radius 3 is 2.27 bits per heavy atom. The number of hydrogen-bond donors (Lipinski definition) is 3. The molecule has 7 nitrogen and oxygen atoms in total. The number of benzene rings is 3. The van der Waals surface area contributed by atoms with E-state index in [2.05, 4.69) is 5.32 Å². The van der Waals surface area contributed by atoms with Crippen molar-refractivity contribution >= 4 is 23.4 Å². The lowest BCUT2D eigenvalue weighted by atomic mass is 9.91. The third-order valence-electron chi connectivity index (χ3n) is 5.15. The molecule has 0 aliphatic heterocycles. The maximum atomic E-state index is 13.3. The van der Waals surface area contributed by atoms with E-state index in [1.807, 2.05) is 32.0 Å². The van der Waals surface area contributed by atoms with E-state index < -0.39 is 5.97 Å². The van der Waals surface area contributed by atoms with Crippen LogP contribution >= 0.6 is 0 Å².